The van der Waals surface area contributed by atoms with Crippen LogP contribution in [0.15, 0.2) is 41.6 Å². The fourth-order valence-electron chi connectivity index (χ4n) is 3.11. The fourth-order valence-corrected chi connectivity index (χ4v) is 4.11. The number of aryl methyl sites for hydroxylation is 2. The van der Waals surface area contributed by atoms with E-state index in [9.17, 15) is 19.7 Å². The summed E-state index contributed by atoms with van der Waals surface area (Å²) >= 11 is 7.30. The number of halogens is 1. The fraction of sp³-hybridized carbons (Fsp3) is 0.273. The number of aromatic nitrogens is 3. The van der Waals surface area contributed by atoms with E-state index in [-0.39, 0.29) is 29.7 Å². The molecule has 3 aromatic rings. The lowest BCUT2D eigenvalue weighted by Gasteiger charge is -2.10. The summed E-state index contributed by atoms with van der Waals surface area (Å²) in [6, 6.07) is 9.53. The molecule has 0 spiro atoms. The van der Waals surface area contributed by atoms with Crippen molar-refractivity contribution in [2.24, 2.45) is 0 Å². The number of amides is 2. The molecule has 34 heavy (non-hydrogen) atoms. The van der Waals surface area contributed by atoms with Gasteiger partial charge >= 0.3 is 0 Å². The zero-order valence-electron chi connectivity index (χ0n) is 18.8. The Bertz CT molecular complexity index is 1250. The summed E-state index contributed by atoms with van der Waals surface area (Å²) in [5.41, 5.74) is 2.56. The van der Waals surface area contributed by atoms with Crippen molar-refractivity contribution in [2.75, 3.05) is 16.4 Å². The van der Waals surface area contributed by atoms with Gasteiger partial charge in [0.1, 0.15) is 5.82 Å². The van der Waals surface area contributed by atoms with Crippen LogP contribution in [0.2, 0.25) is 5.02 Å². The number of anilines is 2. The summed E-state index contributed by atoms with van der Waals surface area (Å²) < 4.78 is 1.77. The van der Waals surface area contributed by atoms with Crippen molar-refractivity contribution in [3.63, 3.8) is 0 Å². The van der Waals surface area contributed by atoms with E-state index in [0.29, 0.717) is 39.5 Å². The Balaban J connectivity index is 1.59. The summed E-state index contributed by atoms with van der Waals surface area (Å²) in [4.78, 5) is 35.2. The number of carbonyl (C=O) groups excluding carboxylic acids is 2. The molecule has 0 bridgehead atoms. The van der Waals surface area contributed by atoms with Crippen LogP contribution in [-0.2, 0) is 22.6 Å². The molecule has 0 saturated heterocycles. The minimum absolute atomic E-state index is 0.0150. The number of non-ortho nitro benzene ring substituents is 1. The number of nitro benzene ring substituents is 1. The van der Waals surface area contributed by atoms with Gasteiger partial charge in [0.2, 0.25) is 11.8 Å². The Morgan fingerprint density at radius 3 is 2.50 bits per heavy atom. The van der Waals surface area contributed by atoms with Crippen LogP contribution in [0.4, 0.5) is 17.1 Å². The number of nitrogens with zero attached hydrogens (tertiary/aromatic N) is 4. The molecule has 12 heteroatoms. The number of hydrogen-bond donors (Lipinski definition) is 2. The van der Waals surface area contributed by atoms with E-state index >= 15 is 0 Å². The SMILES string of the molecule is CCn1c(CC(=O)Nc2ccc(C)c(Cl)c2)nnc1SCC(=O)Nc1ccc([N+](=O)[O-])cc1C. The first-order valence-electron chi connectivity index (χ1n) is 10.3. The molecule has 1 aromatic heterocycles. The van der Waals surface area contributed by atoms with Crippen LogP contribution in [0.25, 0.3) is 0 Å². The van der Waals surface area contributed by atoms with Crippen molar-refractivity contribution < 1.29 is 14.5 Å². The van der Waals surface area contributed by atoms with E-state index in [0.717, 1.165) is 5.56 Å². The Morgan fingerprint density at radius 2 is 1.85 bits per heavy atom. The van der Waals surface area contributed by atoms with E-state index in [2.05, 4.69) is 20.8 Å². The van der Waals surface area contributed by atoms with Crippen molar-refractivity contribution >= 4 is 52.2 Å². The number of hydrogen-bond acceptors (Lipinski definition) is 7. The maximum absolute atomic E-state index is 12.5. The van der Waals surface area contributed by atoms with Crippen LogP contribution < -0.4 is 10.6 Å². The zero-order valence-corrected chi connectivity index (χ0v) is 20.4. The second kappa shape index (κ2) is 11.1. The van der Waals surface area contributed by atoms with Gasteiger partial charge in [-0.15, -0.1) is 10.2 Å². The normalized spacial score (nSPS) is 10.7. The second-order valence-corrected chi connectivity index (χ2v) is 8.77. The van der Waals surface area contributed by atoms with Crippen LogP contribution in [0, 0.1) is 24.0 Å². The van der Waals surface area contributed by atoms with Gasteiger partial charge in [0, 0.05) is 35.1 Å². The monoisotopic (exact) mass is 502 g/mol. The average molecular weight is 503 g/mol. The van der Waals surface area contributed by atoms with Crippen LogP contribution in [-0.4, -0.2) is 37.3 Å². The molecule has 0 aliphatic rings. The molecule has 2 N–H and O–H groups in total. The molecule has 0 radical (unpaired) electrons. The lowest BCUT2D eigenvalue weighted by molar-refractivity contribution is -0.384. The van der Waals surface area contributed by atoms with Crippen molar-refractivity contribution in [3.05, 3.63) is 68.5 Å². The van der Waals surface area contributed by atoms with Crippen LogP contribution in [0.1, 0.15) is 23.9 Å². The van der Waals surface area contributed by atoms with Gasteiger partial charge in [-0.05, 0) is 50.1 Å². The first-order chi connectivity index (χ1) is 16.2. The number of thioether (sulfide) groups is 1. The Hall–Kier alpha value is -3.44. The molecule has 0 unspecified atom stereocenters. The molecule has 0 saturated carbocycles. The van der Waals surface area contributed by atoms with Gasteiger partial charge in [0.25, 0.3) is 5.69 Å². The summed E-state index contributed by atoms with van der Waals surface area (Å²) in [5.74, 6) is -0.0109. The Morgan fingerprint density at radius 1 is 1.09 bits per heavy atom. The van der Waals surface area contributed by atoms with Gasteiger partial charge in [0.05, 0.1) is 17.1 Å². The summed E-state index contributed by atoms with van der Waals surface area (Å²) in [6.45, 7) is 5.99. The molecular formula is C22H23ClN6O4S. The van der Waals surface area contributed by atoms with Gasteiger partial charge < -0.3 is 15.2 Å². The maximum atomic E-state index is 12.5. The first-order valence-corrected chi connectivity index (χ1v) is 11.7. The predicted octanol–water partition coefficient (Wildman–Crippen LogP) is 4.39. The lowest BCUT2D eigenvalue weighted by Crippen LogP contribution is -2.18. The van der Waals surface area contributed by atoms with Gasteiger partial charge in [-0.25, -0.2) is 0 Å². The minimum atomic E-state index is -0.486. The van der Waals surface area contributed by atoms with Crippen LogP contribution >= 0.6 is 23.4 Å². The summed E-state index contributed by atoms with van der Waals surface area (Å²) in [6.07, 6.45) is 0.0150. The third-order valence-corrected chi connectivity index (χ3v) is 6.29. The molecule has 3 rings (SSSR count). The van der Waals surface area contributed by atoms with Crippen molar-refractivity contribution in [1.29, 1.82) is 0 Å². The largest absolute Gasteiger partial charge is 0.326 e. The van der Waals surface area contributed by atoms with E-state index < -0.39 is 4.92 Å². The number of rotatable bonds is 9. The topological polar surface area (TPSA) is 132 Å². The first kappa shape index (κ1) is 25.2. The van der Waals surface area contributed by atoms with Crippen LogP contribution in [0.5, 0.6) is 0 Å². The number of benzene rings is 2. The second-order valence-electron chi connectivity index (χ2n) is 7.43. The summed E-state index contributed by atoms with van der Waals surface area (Å²) in [7, 11) is 0. The minimum Gasteiger partial charge on any atom is -0.326 e. The van der Waals surface area contributed by atoms with E-state index in [1.165, 1.54) is 30.0 Å². The van der Waals surface area contributed by atoms with Gasteiger partial charge in [-0.3, -0.25) is 19.7 Å². The smallest absolute Gasteiger partial charge is 0.269 e. The highest BCUT2D eigenvalue weighted by atomic mass is 35.5. The number of nitro groups is 1. The molecule has 1 heterocycles. The van der Waals surface area contributed by atoms with E-state index in [1.54, 1.807) is 23.6 Å². The average Bonchev–Trinajstić information content (AvgIpc) is 3.17. The highest BCUT2D eigenvalue weighted by Crippen LogP contribution is 2.23. The number of nitrogens with one attached hydrogen (secondary N) is 2. The molecule has 10 nitrogen and oxygen atoms in total. The molecule has 0 atom stereocenters. The van der Waals surface area contributed by atoms with Crippen LogP contribution in [0.3, 0.4) is 0 Å². The van der Waals surface area contributed by atoms with Crippen molar-refractivity contribution in [3.8, 4) is 0 Å². The lowest BCUT2D eigenvalue weighted by atomic mass is 10.2. The standard InChI is InChI=1S/C22H23ClN6O4S/c1-4-28-19(11-20(30)24-15-6-5-13(2)17(23)10-15)26-27-22(28)34-12-21(31)25-18-8-7-16(29(32)33)9-14(18)3/h5-10H,4,11-12H2,1-3H3,(H,24,30)(H,25,31). The Labute approximate surface area is 205 Å². The molecular weight excluding hydrogens is 480 g/mol. The molecule has 2 amide bonds. The molecule has 0 fully saturated rings. The van der Waals surface area contributed by atoms with Gasteiger partial charge in [0.15, 0.2) is 5.16 Å². The summed E-state index contributed by atoms with van der Waals surface area (Å²) in [5, 5.41) is 25.7. The third-order valence-electron chi connectivity index (χ3n) is 4.91. The molecule has 0 aliphatic carbocycles. The van der Waals surface area contributed by atoms with Crippen molar-refractivity contribution in [2.45, 2.75) is 38.9 Å². The van der Waals surface area contributed by atoms with E-state index in [4.69, 9.17) is 11.6 Å². The predicted molar refractivity (Wildman–Crippen MR) is 131 cm³/mol. The maximum Gasteiger partial charge on any atom is 0.269 e. The highest BCUT2D eigenvalue weighted by Gasteiger charge is 2.17. The highest BCUT2D eigenvalue weighted by molar-refractivity contribution is 7.99. The van der Waals surface area contributed by atoms with Crippen molar-refractivity contribution in [1.82, 2.24) is 14.8 Å². The van der Waals surface area contributed by atoms with Gasteiger partial charge in [-0.2, -0.15) is 0 Å². The molecule has 178 valence electrons. The third kappa shape index (κ3) is 6.33. The van der Waals surface area contributed by atoms with Gasteiger partial charge in [-0.1, -0.05) is 29.4 Å². The molecule has 2 aromatic carbocycles. The molecule has 0 aliphatic heterocycles. The van der Waals surface area contributed by atoms with E-state index in [1.807, 2.05) is 19.9 Å². The number of carbonyl (C=O) groups is 2. The zero-order chi connectivity index (χ0) is 24.8. The quantitative estimate of drug-likeness (QED) is 0.252. The Kier molecular flexibility index (Phi) is 8.24.